The van der Waals surface area contributed by atoms with Crippen molar-refractivity contribution in [2.24, 2.45) is 0 Å². The summed E-state index contributed by atoms with van der Waals surface area (Å²) in [5.41, 5.74) is 1.53. The molecule has 0 saturated heterocycles. The highest BCUT2D eigenvalue weighted by molar-refractivity contribution is 5.87. The number of aromatic nitrogens is 2. The molecule has 0 saturated carbocycles. The molecule has 0 aliphatic carbocycles. The Labute approximate surface area is 148 Å². The molecular weight excluding hydrogens is 332 g/mol. The number of carbonyl (C=O) groups excluding carboxylic acids is 1. The summed E-state index contributed by atoms with van der Waals surface area (Å²) in [6.07, 6.45) is 1.35. The van der Waals surface area contributed by atoms with Crippen molar-refractivity contribution in [1.29, 1.82) is 0 Å². The number of hydrogen-bond donors (Lipinski definition) is 1. The van der Waals surface area contributed by atoms with Gasteiger partial charge < -0.3 is 14.4 Å². The lowest BCUT2D eigenvalue weighted by Gasteiger charge is -2.31. The van der Waals surface area contributed by atoms with Gasteiger partial charge in [0.1, 0.15) is 6.61 Å². The van der Waals surface area contributed by atoms with Gasteiger partial charge in [-0.1, -0.05) is 25.1 Å². The third kappa shape index (κ3) is 1.82. The standard InChI is InChI=1S/C20H15N2O4/c1-2-20(25)14-8-16-17-12(7-11-5-3-4-6-15(11)21-17)9-22(16)18(23)13(14)10-26-19(20)24/h2-8,25H,9-10H2,1H3. The van der Waals surface area contributed by atoms with Crippen molar-refractivity contribution in [2.75, 3.05) is 0 Å². The highest BCUT2D eigenvalue weighted by Crippen LogP contribution is 2.38. The van der Waals surface area contributed by atoms with Crippen molar-refractivity contribution in [2.45, 2.75) is 25.7 Å². The summed E-state index contributed by atoms with van der Waals surface area (Å²) in [6.45, 7) is 1.85. The van der Waals surface area contributed by atoms with Crippen LogP contribution in [0.1, 0.15) is 23.6 Å². The van der Waals surface area contributed by atoms with Gasteiger partial charge in [-0.2, -0.15) is 0 Å². The Hall–Kier alpha value is -2.99. The summed E-state index contributed by atoms with van der Waals surface area (Å²) >= 11 is 0. The van der Waals surface area contributed by atoms with Crippen LogP contribution in [0.5, 0.6) is 0 Å². The maximum absolute atomic E-state index is 13.0. The van der Waals surface area contributed by atoms with Gasteiger partial charge in [0.05, 0.1) is 29.0 Å². The van der Waals surface area contributed by atoms with E-state index in [0.29, 0.717) is 23.5 Å². The Kier molecular flexibility index (Phi) is 2.95. The maximum Gasteiger partial charge on any atom is 0.343 e. The molecule has 129 valence electrons. The Morgan fingerprint density at radius 2 is 2.08 bits per heavy atom. The number of pyridine rings is 2. The molecule has 0 amide bonds. The van der Waals surface area contributed by atoms with Crippen molar-refractivity contribution in [3.63, 3.8) is 0 Å². The van der Waals surface area contributed by atoms with Crippen molar-refractivity contribution in [3.8, 4) is 11.4 Å². The molecule has 4 heterocycles. The first-order valence-corrected chi connectivity index (χ1v) is 8.39. The summed E-state index contributed by atoms with van der Waals surface area (Å²) in [7, 11) is 0. The Balaban J connectivity index is 1.81. The van der Waals surface area contributed by atoms with Crippen LogP contribution in [0.2, 0.25) is 0 Å². The molecule has 5 rings (SSSR count). The Bertz CT molecular complexity index is 1160. The average molecular weight is 347 g/mol. The highest BCUT2D eigenvalue weighted by Gasteiger charge is 2.45. The summed E-state index contributed by atoms with van der Waals surface area (Å²) < 4.78 is 6.67. The molecule has 3 aromatic rings. The summed E-state index contributed by atoms with van der Waals surface area (Å²) in [5, 5.41) is 11.8. The summed E-state index contributed by atoms with van der Waals surface area (Å²) in [4.78, 5) is 29.8. The zero-order valence-electron chi connectivity index (χ0n) is 14.0. The van der Waals surface area contributed by atoms with E-state index < -0.39 is 11.6 Å². The number of nitrogens with zero attached hydrogens (tertiary/aromatic N) is 2. The van der Waals surface area contributed by atoms with E-state index in [1.54, 1.807) is 17.6 Å². The van der Waals surface area contributed by atoms with E-state index >= 15 is 0 Å². The lowest BCUT2D eigenvalue weighted by molar-refractivity contribution is -0.167. The second-order valence-electron chi connectivity index (χ2n) is 6.63. The van der Waals surface area contributed by atoms with Crippen LogP contribution in [0.15, 0.2) is 41.2 Å². The third-order valence-corrected chi connectivity index (χ3v) is 5.26. The van der Waals surface area contributed by atoms with E-state index in [0.717, 1.165) is 16.5 Å². The molecule has 2 aliphatic heterocycles. The molecule has 1 atom stereocenters. The number of aliphatic hydroxyl groups is 1. The SMILES string of the molecule is C[CH]C1(O)C(=O)OCc2c1cc1n(c2=O)Cc2cc3ccccc3nc2-1. The molecule has 1 radical (unpaired) electrons. The third-order valence-electron chi connectivity index (χ3n) is 5.26. The van der Waals surface area contributed by atoms with E-state index in [9.17, 15) is 14.7 Å². The molecule has 2 aromatic heterocycles. The molecular formula is C20H15N2O4. The predicted molar refractivity (Wildman–Crippen MR) is 94.2 cm³/mol. The lowest BCUT2D eigenvalue weighted by atomic mass is 9.86. The van der Waals surface area contributed by atoms with Crippen LogP contribution >= 0.6 is 0 Å². The topological polar surface area (TPSA) is 81.4 Å². The number of esters is 1. The first kappa shape index (κ1) is 15.3. The summed E-state index contributed by atoms with van der Waals surface area (Å²) in [6, 6.07) is 11.5. The molecule has 0 spiro atoms. The fourth-order valence-corrected chi connectivity index (χ4v) is 3.83. The summed E-state index contributed by atoms with van der Waals surface area (Å²) in [5.74, 6) is -0.762. The van der Waals surface area contributed by atoms with Crippen molar-refractivity contribution in [1.82, 2.24) is 9.55 Å². The minimum absolute atomic E-state index is 0.130. The second-order valence-corrected chi connectivity index (χ2v) is 6.63. The molecule has 26 heavy (non-hydrogen) atoms. The van der Waals surface area contributed by atoms with Crippen LogP contribution in [0.4, 0.5) is 0 Å². The number of hydrogen-bond acceptors (Lipinski definition) is 5. The molecule has 2 aliphatic rings. The fourth-order valence-electron chi connectivity index (χ4n) is 3.83. The Morgan fingerprint density at radius 1 is 1.27 bits per heavy atom. The number of rotatable bonds is 1. The largest absolute Gasteiger partial charge is 0.458 e. The quantitative estimate of drug-likeness (QED) is 0.532. The van der Waals surface area contributed by atoms with Gasteiger partial charge in [-0.25, -0.2) is 9.78 Å². The van der Waals surface area contributed by atoms with E-state index in [4.69, 9.17) is 9.72 Å². The number of benzene rings is 1. The second kappa shape index (κ2) is 5.02. The van der Waals surface area contributed by atoms with Crippen LogP contribution in [-0.4, -0.2) is 20.6 Å². The van der Waals surface area contributed by atoms with Crippen LogP contribution in [0.25, 0.3) is 22.3 Å². The Morgan fingerprint density at radius 3 is 2.88 bits per heavy atom. The molecule has 1 unspecified atom stereocenters. The van der Waals surface area contributed by atoms with Gasteiger partial charge in [0.15, 0.2) is 5.60 Å². The number of ether oxygens (including phenoxy) is 1. The van der Waals surface area contributed by atoms with Gasteiger partial charge >= 0.3 is 5.97 Å². The number of cyclic esters (lactones) is 1. The van der Waals surface area contributed by atoms with E-state index in [1.807, 2.05) is 30.3 Å². The van der Waals surface area contributed by atoms with Crippen LogP contribution < -0.4 is 5.56 Å². The number of fused-ring (bicyclic) bond motifs is 5. The smallest absolute Gasteiger partial charge is 0.343 e. The number of para-hydroxylation sites is 1. The first-order valence-electron chi connectivity index (χ1n) is 8.39. The number of carbonyl (C=O) groups is 1. The van der Waals surface area contributed by atoms with Crippen molar-refractivity contribution in [3.05, 3.63) is 69.9 Å². The van der Waals surface area contributed by atoms with Gasteiger partial charge in [0.25, 0.3) is 5.56 Å². The average Bonchev–Trinajstić information content (AvgIpc) is 3.01. The van der Waals surface area contributed by atoms with Gasteiger partial charge in [0.2, 0.25) is 0 Å². The predicted octanol–water partition coefficient (Wildman–Crippen LogP) is 1.89. The molecule has 6 heteroatoms. The van der Waals surface area contributed by atoms with Crippen LogP contribution in [0, 0.1) is 6.42 Å². The maximum atomic E-state index is 13.0. The van der Waals surface area contributed by atoms with Gasteiger partial charge in [-0.3, -0.25) is 4.79 Å². The van der Waals surface area contributed by atoms with Gasteiger partial charge in [-0.05, 0) is 18.2 Å². The minimum Gasteiger partial charge on any atom is -0.458 e. The zero-order valence-corrected chi connectivity index (χ0v) is 14.0. The zero-order chi connectivity index (χ0) is 18.1. The molecule has 6 nitrogen and oxygen atoms in total. The molecule has 1 aromatic carbocycles. The van der Waals surface area contributed by atoms with E-state index in [2.05, 4.69) is 0 Å². The van der Waals surface area contributed by atoms with Gasteiger partial charge in [0, 0.05) is 22.9 Å². The monoisotopic (exact) mass is 347 g/mol. The van der Waals surface area contributed by atoms with Crippen LogP contribution in [0.3, 0.4) is 0 Å². The first-order chi connectivity index (χ1) is 12.5. The highest BCUT2D eigenvalue weighted by atomic mass is 16.6. The van der Waals surface area contributed by atoms with Gasteiger partial charge in [-0.15, -0.1) is 0 Å². The lowest BCUT2D eigenvalue weighted by Crippen LogP contribution is -2.44. The molecule has 0 bridgehead atoms. The fraction of sp³-hybridized carbons (Fsp3) is 0.200. The molecule has 1 N–H and O–H groups in total. The van der Waals surface area contributed by atoms with Crippen LogP contribution in [-0.2, 0) is 28.3 Å². The van der Waals surface area contributed by atoms with E-state index in [-0.39, 0.29) is 17.7 Å². The normalized spacial score (nSPS) is 20.5. The minimum atomic E-state index is -1.91. The molecule has 0 fully saturated rings. The van der Waals surface area contributed by atoms with E-state index in [1.165, 1.54) is 6.42 Å². The van der Waals surface area contributed by atoms with Crippen molar-refractivity contribution >= 4 is 16.9 Å². The van der Waals surface area contributed by atoms with Crippen molar-refractivity contribution < 1.29 is 14.6 Å².